The monoisotopic (exact) mass is 375 g/mol. The van der Waals surface area contributed by atoms with Gasteiger partial charge in [0.2, 0.25) is 0 Å². The molecule has 0 aliphatic carbocycles. The maximum atomic E-state index is 14.2. The number of para-hydroxylation sites is 1. The third-order valence-electron chi connectivity index (χ3n) is 3.50. The van der Waals surface area contributed by atoms with Crippen LogP contribution in [0.15, 0.2) is 41.5 Å². The number of aliphatic carboxylic acids is 1. The lowest BCUT2D eigenvalue weighted by atomic mass is 10.1. The molecule has 0 aliphatic rings. The zero-order valence-corrected chi connectivity index (χ0v) is 13.9. The van der Waals surface area contributed by atoms with E-state index >= 15 is 0 Å². The van der Waals surface area contributed by atoms with Gasteiger partial charge in [-0.25, -0.2) is 13.6 Å². The maximum Gasteiger partial charge on any atom is 0.354 e. The molecule has 0 saturated carbocycles. The minimum absolute atomic E-state index is 0.0226. The van der Waals surface area contributed by atoms with E-state index in [0.717, 1.165) is 12.1 Å². The third kappa shape index (κ3) is 5.16. The number of anilines is 1. The fraction of sp³-hybridized carbons (Fsp3) is 0.176. The van der Waals surface area contributed by atoms with Gasteiger partial charge in [0.1, 0.15) is 23.1 Å². The SMILES string of the molecule is [N-]=[N+]=NCCOc1cc(F)c(CNc2ccccc2C(=N)C(=O)O)c(F)c1. The van der Waals surface area contributed by atoms with E-state index in [0.29, 0.717) is 0 Å². The molecule has 27 heavy (non-hydrogen) atoms. The summed E-state index contributed by atoms with van der Waals surface area (Å²) in [4.78, 5) is 13.5. The van der Waals surface area contributed by atoms with Crippen LogP contribution in [0.4, 0.5) is 14.5 Å². The molecule has 0 unspecified atom stereocenters. The highest BCUT2D eigenvalue weighted by atomic mass is 19.1. The lowest BCUT2D eigenvalue weighted by Gasteiger charge is -2.13. The molecule has 0 spiro atoms. The predicted molar refractivity (Wildman–Crippen MR) is 94.1 cm³/mol. The summed E-state index contributed by atoms with van der Waals surface area (Å²) >= 11 is 0. The highest BCUT2D eigenvalue weighted by Crippen LogP contribution is 2.23. The van der Waals surface area contributed by atoms with E-state index < -0.39 is 23.3 Å². The average molecular weight is 375 g/mol. The molecule has 0 saturated heterocycles. The molecule has 0 heterocycles. The molecule has 140 valence electrons. The van der Waals surface area contributed by atoms with Crippen molar-refractivity contribution in [3.8, 4) is 5.75 Å². The lowest BCUT2D eigenvalue weighted by Crippen LogP contribution is -2.16. The van der Waals surface area contributed by atoms with E-state index in [1.165, 1.54) is 12.1 Å². The number of rotatable bonds is 9. The Morgan fingerprint density at radius 1 is 1.30 bits per heavy atom. The zero-order chi connectivity index (χ0) is 19.8. The number of nitrogens with one attached hydrogen (secondary N) is 2. The molecule has 0 radical (unpaired) electrons. The molecular weight excluding hydrogens is 360 g/mol. The summed E-state index contributed by atoms with van der Waals surface area (Å²) in [5.74, 6) is -3.17. The molecule has 0 aliphatic heterocycles. The van der Waals surface area contributed by atoms with Crippen LogP contribution in [0.5, 0.6) is 5.75 Å². The molecule has 10 heteroatoms. The summed E-state index contributed by atoms with van der Waals surface area (Å²) in [5.41, 5.74) is 7.61. The second-order valence-electron chi connectivity index (χ2n) is 5.25. The van der Waals surface area contributed by atoms with Gasteiger partial charge in [-0.05, 0) is 11.6 Å². The average Bonchev–Trinajstić information content (AvgIpc) is 2.64. The Labute approximate surface area is 152 Å². The molecule has 8 nitrogen and oxygen atoms in total. The first kappa shape index (κ1) is 19.7. The number of carbonyl (C=O) groups is 1. The normalized spacial score (nSPS) is 10.0. The van der Waals surface area contributed by atoms with Gasteiger partial charge in [-0.3, -0.25) is 5.41 Å². The second-order valence-corrected chi connectivity index (χ2v) is 5.25. The molecule has 0 fully saturated rings. The van der Waals surface area contributed by atoms with E-state index in [9.17, 15) is 13.6 Å². The number of hydrogen-bond donors (Lipinski definition) is 3. The molecule has 2 rings (SSSR count). The first-order chi connectivity index (χ1) is 12.9. The summed E-state index contributed by atoms with van der Waals surface area (Å²) < 4.78 is 33.5. The Bertz CT molecular complexity index is 890. The van der Waals surface area contributed by atoms with E-state index in [1.54, 1.807) is 12.1 Å². The van der Waals surface area contributed by atoms with Crippen LogP contribution < -0.4 is 10.1 Å². The van der Waals surface area contributed by atoms with Crippen LogP contribution in [-0.4, -0.2) is 29.9 Å². The summed E-state index contributed by atoms with van der Waals surface area (Å²) in [7, 11) is 0. The Morgan fingerprint density at radius 2 is 1.96 bits per heavy atom. The summed E-state index contributed by atoms with van der Waals surface area (Å²) in [5, 5.41) is 22.5. The molecule has 2 aromatic carbocycles. The first-order valence-corrected chi connectivity index (χ1v) is 7.70. The van der Waals surface area contributed by atoms with Crippen molar-refractivity contribution in [3.63, 3.8) is 0 Å². The van der Waals surface area contributed by atoms with Gasteiger partial charge in [-0.2, -0.15) is 0 Å². The van der Waals surface area contributed by atoms with Gasteiger partial charge in [0.05, 0.1) is 13.2 Å². The highest BCUT2D eigenvalue weighted by molar-refractivity contribution is 6.42. The Balaban J connectivity index is 2.14. The van der Waals surface area contributed by atoms with Crippen molar-refractivity contribution in [2.75, 3.05) is 18.5 Å². The minimum atomic E-state index is -1.41. The van der Waals surface area contributed by atoms with Crippen molar-refractivity contribution in [1.29, 1.82) is 5.41 Å². The van der Waals surface area contributed by atoms with Gasteiger partial charge >= 0.3 is 5.97 Å². The van der Waals surface area contributed by atoms with E-state index in [2.05, 4.69) is 15.3 Å². The molecular formula is C17H15F2N5O3. The van der Waals surface area contributed by atoms with Crippen LogP contribution >= 0.6 is 0 Å². The van der Waals surface area contributed by atoms with Crippen LogP contribution in [0.3, 0.4) is 0 Å². The topological polar surface area (TPSA) is 131 Å². The second kappa shape index (κ2) is 9.16. The van der Waals surface area contributed by atoms with E-state index in [-0.39, 0.29) is 42.3 Å². The fourth-order valence-electron chi connectivity index (χ4n) is 2.24. The largest absolute Gasteiger partial charge is 0.493 e. The van der Waals surface area contributed by atoms with Gasteiger partial charge in [-0.15, -0.1) is 0 Å². The molecule has 0 bridgehead atoms. The van der Waals surface area contributed by atoms with Crippen molar-refractivity contribution in [2.45, 2.75) is 6.54 Å². The van der Waals surface area contributed by atoms with Gasteiger partial charge in [0.25, 0.3) is 0 Å². The Kier molecular flexibility index (Phi) is 6.67. The molecule has 3 N–H and O–H groups in total. The standard InChI is InChI=1S/C17H15F2N5O3/c18-13-7-10(27-6-5-23-24-21)8-14(19)12(13)9-22-15-4-2-1-3-11(15)16(20)17(25)26/h1-4,7-8,20,22H,5-6,9H2,(H,25,26). The quantitative estimate of drug-likeness (QED) is 0.203. The summed E-state index contributed by atoms with van der Waals surface area (Å²) in [6.45, 7) is -0.263. The van der Waals surface area contributed by atoms with Crippen molar-refractivity contribution >= 4 is 17.4 Å². The molecule has 0 atom stereocenters. The number of benzene rings is 2. The zero-order valence-electron chi connectivity index (χ0n) is 13.9. The van der Waals surface area contributed by atoms with Crippen molar-refractivity contribution in [1.82, 2.24) is 0 Å². The highest BCUT2D eigenvalue weighted by Gasteiger charge is 2.16. The first-order valence-electron chi connectivity index (χ1n) is 7.70. The van der Waals surface area contributed by atoms with Crippen LogP contribution in [0.25, 0.3) is 10.4 Å². The van der Waals surface area contributed by atoms with Gasteiger partial charge < -0.3 is 15.2 Å². The molecule has 0 amide bonds. The Hall–Kier alpha value is -3.65. The van der Waals surface area contributed by atoms with Crippen molar-refractivity contribution in [2.24, 2.45) is 5.11 Å². The Morgan fingerprint density at radius 3 is 2.59 bits per heavy atom. The molecule has 0 aromatic heterocycles. The lowest BCUT2D eigenvalue weighted by molar-refractivity contribution is -0.129. The van der Waals surface area contributed by atoms with Gasteiger partial charge in [-0.1, -0.05) is 23.3 Å². The van der Waals surface area contributed by atoms with Crippen LogP contribution in [0.2, 0.25) is 0 Å². The third-order valence-corrected chi connectivity index (χ3v) is 3.50. The van der Waals surface area contributed by atoms with Crippen molar-refractivity contribution < 1.29 is 23.4 Å². The summed E-state index contributed by atoms with van der Waals surface area (Å²) in [6.07, 6.45) is 0. The van der Waals surface area contributed by atoms with Crippen LogP contribution in [-0.2, 0) is 11.3 Å². The van der Waals surface area contributed by atoms with Crippen LogP contribution in [0, 0.1) is 17.0 Å². The number of ether oxygens (including phenoxy) is 1. The smallest absolute Gasteiger partial charge is 0.354 e. The van der Waals surface area contributed by atoms with Gasteiger partial charge in [0.15, 0.2) is 0 Å². The molecule has 2 aromatic rings. The van der Waals surface area contributed by atoms with E-state index in [4.69, 9.17) is 20.8 Å². The number of nitrogens with zero attached hydrogens (tertiary/aromatic N) is 3. The maximum absolute atomic E-state index is 14.2. The predicted octanol–water partition coefficient (Wildman–Crippen LogP) is 3.72. The number of halogens is 2. The van der Waals surface area contributed by atoms with Crippen LogP contribution in [0.1, 0.15) is 11.1 Å². The summed E-state index contributed by atoms with van der Waals surface area (Å²) in [6, 6.07) is 8.10. The number of azide groups is 1. The number of carboxylic acid groups (broad SMARTS) is 1. The number of hydrogen-bond acceptors (Lipinski definition) is 5. The fourth-order valence-corrected chi connectivity index (χ4v) is 2.24. The number of carboxylic acids is 1. The van der Waals surface area contributed by atoms with E-state index in [1.807, 2.05) is 0 Å². The van der Waals surface area contributed by atoms with Gasteiger partial charge in [0, 0.05) is 40.4 Å². The van der Waals surface area contributed by atoms with Crippen molar-refractivity contribution in [3.05, 3.63) is 69.6 Å². The minimum Gasteiger partial charge on any atom is -0.493 e.